The lowest BCUT2D eigenvalue weighted by atomic mass is 10.0. The Morgan fingerprint density at radius 3 is 2.48 bits per heavy atom. The van der Waals surface area contributed by atoms with Crippen LogP contribution in [0.15, 0.2) is 48.5 Å². The summed E-state index contributed by atoms with van der Waals surface area (Å²) in [7, 11) is 0. The van der Waals surface area contributed by atoms with Gasteiger partial charge in [-0.25, -0.2) is 0 Å². The number of nitrogens with one attached hydrogen (secondary N) is 2. The highest BCUT2D eigenvalue weighted by Gasteiger charge is 2.21. The molecular weight excluding hydrogens is 318 g/mol. The van der Waals surface area contributed by atoms with Gasteiger partial charge in [0, 0.05) is 12.5 Å². The van der Waals surface area contributed by atoms with Crippen molar-refractivity contribution in [2.24, 2.45) is 0 Å². The number of anilines is 2. The largest absolute Gasteiger partial charge is 0.494 e. The molecule has 25 heavy (non-hydrogen) atoms. The summed E-state index contributed by atoms with van der Waals surface area (Å²) in [6, 6.07) is 13.9. The topological polar surface area (TPSA) is 93.4 Å². The molecule has 0 aromatic heterocycles. The zero-order valence-corrected chi connectivity index (χ0v) is 14.4. The third-order valence-electron chi connectivity index (χ3n) is 3.60. The maximum Gasteiger partial charge on any atom is 0.226 e. The Kier molecular flexibility index (Phi) is 6.39. The van der Waals surface area contributed by atoms with Crippen LogP contribution in [-0.2, 0) is 9.59 Å². The molecule has 0 aliphatic rings. The van der Waals surface area contributed by atoms with Crippen LogP contribution in [0.5, 0.6) is 5.75 Å². The Morgan fingerprint density at radius 2 is 1.80 bits per heavy atom. The summed E-state index contributed by atoms with van der Waals surface area (Å²) in [5, 5.41) is 5.59. The van der Waals surface area contributed by atoms with Crippen molar-refractivity contribution in [1.29, 1.82) is 0 Å². The summed E-state index contributed by atoms with van der Waals surface area (Å²) in [4.78, 5) is 24.0. The van der Waals surface area contributed by atoms with Crippen LogP contribution in [-0.4, -0.2) is 18.4 Å². The van der Waals surface area contributed by atoms with Crippen LogP contribution in [0.4, 0.5) is 11.4 Å². The molecule has 4 N–H and O–H groups in total. The van der Waals surface area contributed by atoms with E-state index in [0.717, 1.165) is 5.56 Å². The average molecular weight is 341 g/mol. The van der Waals surface area contributed by atoms with Gasteiger partial charge in [0.25, 0.3) is 0 Å². The molecule has 2 amide bonds. The van der Waals surface area contributed by atoms with Gasteiger partial charge >= 0.3 is 0 Å². The highest BCUT2D eigenvalue weighted by atomic mass is 16.5. The highest BCUT2D eigenvalue weighted by molar-refractivity contribution is 5.94. The number of nitrogens with two attached hydrogens (primary N) is 1. The molecule has 132 valence electrons. The van der Waals surface area contributed by atoms with Gasteiger partial charge in [0.2, 0.25) is 11.8 Å². The number of rotatable bonds is 7. The van der Waals surface area contributed by atoms with E-state index in [0.29, 0.717) is 23.7 Å². The molecule has 6 nitrogen and oxygen atoms in total. The number of amides is 2. The predicted octanol–water partition coefficient (Wildman–Crippen LogP) is 2.87. The summed E-state index contributed by atoms with van der Waals surface area (Å²) < 4.78 is 5.62. The van der Waals surface area contributed by atoms with Crippen LogP contribution in [0, 0.1) is 0 Å². The summed E-state index contributed by atoms with van der Waals surface area (Å²) in [6.45, 7) is 3.80. The fourth-order valence-electron chi connectivity index (χ4n) is 2.54. The maximum absolute atomic E-state index is 12.4. The number of ether oxygens (including phenoxy) is 1. The molecule has 0 aliphatic heterocycles. The molecule has 0 heterocycles. The van der Waals surface area contributed by atoms with Crippen molar-refractivity contribution in [1.82, 2.24) is 5.32 Å². The van der Waals surface area contributed by atoms with Gasteiger partial charge in [0.1, 0.15) is 5.75 Å². The van der Waals surface area contributed by atoms with E-state index >= 15 is 0 Å². The van der Waals surface area contributed by atoms with Crippen LogP contribution in [0.2, 0.25) is 0 Å². The zero-order valence-electron chi connectivity index (χ0n) is 14.4. The Balaban J connectivity index is 2.19. The van der Waals surface area contributed by atoms with E-state index < -0.39 is 6.04 Å². The van der Waals surface area contributed by atoms with Gasteiger partial charge in [-0.1, -0.05) is 30.3 Å². The van der Waals surface area contributed by atoms with E-state index in [2.05, 4.69) is 10.6 Å². The first-order valence-electron chi connectivity index (χ1n) is 8.14. The van der Waals surface area contributed by atoms with Crippen molar-refractivity contribution in [2.45, 2.75) is 26.3 Å². The minimum atomic E-state index is -0.495. The van der Waals surface area contributed by atoms with E-state index in [9.17, 15) is 9.59 Å². The van der Waals surface area contributed by atoms with Gasteiger partial charge in [-0.05, 0) is 25.1 Å². The number of carbonyl (C=O) groups is 2. The molecule has 0 saturated heterocycles. The Morgan fingerprint density at radius 1 is 1.12 bits per heavy atom. The van der Waals surface area contributed by atoms with Crippen LogP contribution < -0.4 is 21.1 Å². The van der Waals surface area contributed by atoms with Crippen molar-refractivity contribution in [3.05, 3.63) is 54.1 Å². The standard InChI is InChI=1S/C19H23N3O3/c1-3-25-18-11-7-4-8-14(18)17(21-13(2)23)12-19(24)22-16-10-6-5-9-15(16)20/h4-11,17H,3,12,20H2,1-2H3,(H,21,23)(H,22,24). The number of nitrogen functional groups attached to an aromatic ring is 1. The fourth-order valence-corrected chi connectivity index (χ4v) is 2.54. The lowest BCUT2D eigenvalue weighted by molar-refractivity contribution is -0.120. The van der Waals surface area contributed by atoms with Crippen molar-refractivity contribution in [3.63, 3.8) is 0 Å². The van der Waals surface area contributed by atoms with Gasteiger partial charge in [-0.3, -0.25) is 9.59 Å². The molecule has 0 spiro atoms. The summed E-state index contributed by atoms with van der Waals surface area (Å²) in [6.07, 6.45) is 0.0675. The first-order chi connectivity index (χ1) is 12.0. The Bertz CT molecular complexity index is 746. The molecule has 0 aliphatic carbocycles. The van der Waals surface area contributed by atoms with Crippen molar-refractivity contribution < 1.29 is 14.3 Å². The van der Waals surface area contributed by atoms with Crippen molar-refractivity contribution >= 4 is 23.2 Å². The van der Waals surface area contributed by atoms with E-state index in [1.165, 1.54) is 6.92 Å². The average Bonchev–Trinajstić information content (AvgIpc) is 2.57. The quantitative estimate of drug-likeness (QED) is 0.675. The molecule has 0 radical (unpaired) electrons. The van der Waals surface area contributed by atoms with Gasteiger partial charge < -0.3 is 21.1 Å². The van der Waals surface area contributed by atoms with Gasteiger partial charge in [0.05, 0.1) is 30.4 Å². The normalized spacial score (nSPS) is 11.4. The van der Waals surface area contributed by atoms with E-state index in [1.807, 2.05) is 31.2 Å². The SMILES string of the molecule is CCOc1ccccc1C(CC(=O)Nc1ccccc1N)NC(C)=O. The third-order valence-corrected chi connectivity index (χ3v) is 3.60. The monoisotopic (exact) mass is 341 g/mol. The molecule has 0 saturated carbocycles. The maximum atomic E-state index is 12.4. The molecule has 2 aromatic rings. The fraction of sp³-hybridized carbons (Fsp3) is 0.263. The van der Waals surface area contributed by atoms with Crippen LogP contribution in [0.1, 0.15) is 31.9 Å². The van der Waals surface area contributed by atoms with E-state index in [4.69, 9.17) is 10.5 Å². The number of para-hydroxylation sites is 3. The van der Waals surface area contributed by atoms with Crippen molar-refractivity contribution in [3.8, 4) is 5.75 Å². The van der Waals surface area contributed by atoms with E-state index in [1.54, 1.807) is 24.3 Å². The molecule has 0 bridgehead atoms. The molecule has 1 atom stereocenters. The van der Waals surface area contributed by atoms with Gasteiger partial charge in [0.15, 0.2) is 0 Å². The summed E-state index contributed by atoms with van der Waals surface area (Å²) in [5.74, 6) is 0.182. The third kappa shape index (κ3) is 5.24. The predicted molar refractivity (Wildman–Crippen MR) is 98.3 cm³/mol. The highest BCUT2D eigenvalue weighted by Crippen LogP contribution is 2.28. The number of hydrogen-bond acceptors (Lipinski definition) is 4. The molecule has 1 unspecified atom stereocenters. The smallest absolute Gasteiger partial charge is 0.226 e. The Labute approximate surface area is 147 Å². The first kappa shape index (κ1) is 18.3. The van der Waals surface area contributed by atoms with Gasteiger partial charge in [-0.2, -0.15) is 0 Å². The molecule has 2 aromatic carbocycles. The Hall–Kier alpha value is -3.02. The lowest BCUT2D eigenvalue weighted by Crippen LogP contribution is -2.30. The van der Waals surface area contributed by atoms with Crippen LogP contribution in [0.3, 0.4) is 0 Å². The van der Waals surface area contributed by atoms with Gasteiger partial charge in [-0.15, -0.1) is 0 Å². The second-order valence-corrected chi connectivity index (χ2v) is 5.56. The second kappa shape index (κ2) is 8.73. The number of carbonyl (C=O) groups excluding carboxylic acids is 2. The molecule has 2 rings (SSSR count). The number of hydrogen-bond donors (Lipinski definition) is 3. The van der Waals surface area contributed by atoms with Crippen LogP contribution >= 0.6 is 0 Å². The first-order valence-corrected chi connectivity index (χ1v) is 8.14. The number of benzene rings is 2. The second-order valence-electron chi connectivity index (χ2n) is 5.56. The van der Waals surface area contributed by atoms with E-state index in [-0.39, 0.29) is 18.2 Å². The summed E-state index contributed by atoms with van der Waals surface area (Å²) in [5.41, 5.74) is 7.65. The van der Waals surface area contributed by atoms with Crippen LogP contribution in [0.25, 0.3) is 0 Å². The molecule has 0 fully saturated rings. The zero-order chi connectivity index (χ0) is 18.2. The summed E-state index contributed by atoms with van der Waals surface area (Å²) >= 11 is 0. The minimum absolute atomic E-state index is 0.0675. The minimum Gasteiger partial charge on any atom is -0.494 e. The lowest BCUT2D eigenvalue weighted by Gasteiger charge is -2.21. The molecule has 6 heteroatoms. The van der Waals surface area contributed by atoms with Crippen molar-refractivity contribution in [2.75, 3.05) is 17.7 Å². The molecular formula is C19H23N3O3.